The third-order valence-electron chi connectivity index (χ3n) is 3.86. The first-order valence-corrected chi connectivity index (χ1v) is 8.91. The fourth-order valence-electron chi connectivity index (χ4n) is 2.69. The number of H-pyrrole nitrogens is 1. The first-order valence-electron chi connectivity index (χ1n) is 8.03. The topological polar surface area (TPSA) is 62.0 Å². The van der Waals surface area contributed by atoms with Gasteiger partial charge in [-0.2, -0.15) is 0 Å². The lowest BCUT2D eigenvalue weighted by Gasteiger charge is -2.21. The van der Waals surface area contributed by atoms with Crippen molar-refractivity contribution in [3.63, 3.8) is 0 Å². The number of thiophene rings is 1. The third kappa shape index (κ3) is 4.06. The number of nitrogens with one attached hydrogen (secondary N) is 2. The standard InChI is InChI=1S/C20H20N2O2S/c1-20(2,3)16-12-19(24)22-17-11-13(6-8-15(16)17)21-18(23)9-7-14-5-4-10-25-14/h4-12H,1-3H3,(H,21,23)(H,22,24)/b9-7-. The summed E-state index contributed by atoms with van der Waals surface area (Å²) < 4.78 is 0. The number of anilines is 1. The van der Waals surface area contributed by atoms with E-state index in [4.69, 9.17) is 0 Å². The number of hydrogen-bond acceptors (Lipinski definition) is 3. The second-order valence-corrected chi connectivity index (χ2v) is 7.87. The van der Waals surface area contributed by atoms with E-state index in [9.17, 15) is 9.59 Å². The van der Waals surface area contributed by atoms with Gasteiger partial charge in [-0.05, 0) is 40.6 Å². The van der Waals surface area contributed by atoms with Crippen LogP contribution in [0.15, 0.2) is 52.6 Å². The summed E-state index contributed by atoms with van der Waals surface area (Å²) in [6.45, 7) is 6.23. The van der Waals surface area contributed by atoms with Crippen LogP contribution in [0.5, 0.6) is 0 Å². The van der Waals surface area contributed by atoms with Gasteiger partial charge in [-0.15, -0.1) is 11.3 Å². The summed E-state index contributed by atoms with van der Waals surface area (Å²) >= 11 is 1.57. The minimum Gasteiger partial charge on any atom is -0.322 e. The highest BCUT2D eigenvalue weighted by Crippen LogP contribution is 2.29. The quantitative estimate of drug-likeness (QED) is 0.680. The van der Waals surface area contributed by atoms with E-state index in [1.54, 1.807) is 29.5 Å². The molecule has 2 N–H and O–H groups in total. The molecule has 2 heterocycles. The predicted molar refractivity (Wildman–Crippen MR) is 105 cm³/mol. The summed E-state index contributed by atoms with van der Waals surface area (Å²) in [6, 6.07) is 11.1. The molecule has 0 aliphatic rings. The van der Waals surface area contributed by atoms with Crippen molar-refractivity contribution >= 4 is 39.9 Å². The van der Waals surface area contributed by atoms with E-state index >= 15 is 0 Å². The predicted octanol–water partition coefficient (Wildman–Crippen LogP) is 4.54. The van der Waals surface area contributed by atoms with Crippen LogP contribution in [-0.2, 0) is 10.2 Å². The molecule has 25 heavy (non-hydrogen) atoms. The van der Waals surface area contributed by atoms with E-state index in [1.165, 1.54) is 6.08 Å². The van der Waals surface area contributed by atoms with Crippen LogP contribution in [0.2, 0.25) is 0 Å². The molecule has 0 fully saturated rings. The number of aromatic amines is 1. The van der Waals surface area contributed by atoms with Gasteiger partial charge in [-0.3, -0.25) is 9.59 Å². The summed E-state index contributed by atoms with van der Waals surface area (Å²) in [7, 11) is 0. The average Bonchev–Trinajstić information content (AvgIpc) is 3.04. The Labute approximate surface area is 150 Å². The lowest BCUT2D eigenvalue weighted by molar-refractivity contribution is -0.111. The Morgan fingerprint density at radius 3 is 2.68 bits per heavy atom. The maximum atomic E-state index is 12.1. The molecule has 0 saturated carbocycles. The van der Waals surface area contributed by atoms with Crippen LogP contribution in [0.1, 0.15) is 31.2 Å². The monoisotopic (exact) mass is 352 g/mol. The maximum Gasteiger partial charge on any atom is 0.248 e. The molecule has 0 aliphatic heterocycles. The van der Waals surface area contributed by atoms with E-state index in [2.05, 4.69) is 31.1 Å². The van der Waals surface area contributed by atoms with Crippen LogP contribution in [0.4, 0.5) is 5.69 Å². The number of rotatable bonds is 3. The van der Waals surface area contributed by atoms with Gasteiger partial charge in [0.25, 0.3) is 0 Å². The number of pyridine rings is 1. The van der Waals surface area contributed by atoms with Gasteiger partial charge in [0.2, 0.25) is 11.5 Å². The highest BCUT2D eigenvalue weighted by Gasteiger charge is 2.18. The summed E-state index contributed by atoms with van der Waals surface area (Å²) in [5.41, 5.74) is 2.08. The van der Waals surface area contributed by atoms with Crippen molar-refractivity contribution in [2.75, 3.05) is 5.32 Å². The van der Waals surface area contributed by atoms with Crippen LogP contribution in [-0.4, -0.2) is 10.9 Å². The molecular weight excluding hydrogens is 332 g/mol. The molecule has 3 aromatic rings. The molecule has 1 amide bonds. The van der Waals surface area contributed by atoms with Crippen molar-refractivity contribution < 1.29 is 4.79 Å². The van der Waals surface area contributed by atoms with Gasteiger partial charge in [0, 0.05) is 28.1 Å². The number of benzene rings is 1. The SMILES string of the molecule is CC(C)(C)c1cc(=O)[nH]c2cc(NC(=O)/C=C\c3cccs3)ccc12. The fourth-order valence-corrected chi connectivity index (χ4v) is 3.30. The van der Waals surface area contributed by atoms with Gasteiger partial charge >= 0.3 is 0 Å². The molecule has 0 aliphatic carbocycles. The normalized spacial score (nSPS) is 12.0. The molecule has 0 atom stereocenters. The van der Waals surface area contributed by atoms with Gasteiger partial charge in [0.15, 0.2) is 0 Å². The van der Waals surface area contributed by atoms with Crippen molar-refractivity contribution in [2.45, 2.75) is 26.2 Å². The van der Waals surface area contributed by atoms with Gasteiger partial charge in [0.05, 0.1) is 5.52 Å². The second-order valence-electron chi connectivity index (χ2n) is 6.90. The Balaban J connectivity index is 1.89. The van der Waals surface area contributed by atoms with Crippen molar-refractivity contribution in [3.8, 4) is 0 Å². The molecule has 1 aromatic carbocycles. The fraction of sp³-hybridized carbons (Fsp3) is 0.200. The van der Waals surface area contributed by atoms with E-state index in [-0.39, 0.29) is 16.9 Å². The molecule has 0 unspecified atom stereocenters. The number of carbonyl (C=O) groups is 1. The van der Waals surface area contributed by atoms with Gasteiger partial charge in [0.1, 0.15) is 0 Å². The molecular formula is C20H20N2O2S. The van der Waals surface area contributed by atoms with E-state index in [1.807, 2.05) is 29.6 Å². The minimum absolute atomic E-state index is 0.138. The van der Waals surface area contributed by atoms with Crippen molar-refractivity contribution in [3.05, 3.63) is 68.6 Å². The summed E-state index contributed by atoms with van der Waals surface area (Å²) in [6.07, 6.45) is 3.28. The lowest BCUT2D eigenvalue weighted by Crippen LogP contribution is -2.17. The first kappa shape index (κ1) is 17.2. The molecule has 3 rings (SSSR count). The Kier molecular flexibility index (Phi) is 4.59. The number of aromatic nitrogens is 1. The lowest BCUT2D eigenvalue weighted by atomic mass is 9.85. The van der Waals surface area contributed by atoms with E-state index in [0.717, 1.165) is 21.3 Å². The van der Waals surface area contributed by atoms with Gasteiger partial charge in [-0.25, -0.2) is 0 Å². The van der Waals surface area contributed by atoms with E-state index < -0.39 is 0 Å². The highest BCUT2D eigenvalue weighted by atomic mass is 32.1. The molecule has 128 valence electrons. The number of amides is 1. The van der Waals surface area contributed by atoms with Crippen LogP contribution >= 0.6 is 11.3 Å². The average molecular weight is 352 g/mol. The zero-order chi connectivity index (χ0) is 18.0. The maximum absolute atomic E-state index is 12.1. The zero-order valence-corrected chi connectivity index (χ0v) is 15.2. The zero-order valence-electron chi connectivity index (χ0n) is 14.4. The second kappa shape index (κ2) is 6.69. The first-order chi connectivity index (χ1) is 11.8. The van der Waals surface area contributed by atoms with Crippen LogP contribution < -0.4 is 10.9 Å². The van der Waals surface area contributed by atoms with Crippen LogP contribution in [0, 0.1) is 0 Å². The molecule has 5 heteroatoms. The largest absolute Gasteiger partial charge is 0.322 e. The Morgan fingerprint density at radius 2 is 2.00 bits per heavy atom. The van der Waals surface area contributed by atoms with Crippen LogP contribution in [0.25, 0.3) is 17.0 Å². The van der Waals surface area contributed by atoms with E-state index in [0.29, 0.717) is 5.69 Å². The molecule has 0 bridgehead atoms. The summed E-state index contributed by atoms with van der Waals surface area (Å²) in [5, 5.41) is 5.78. The molecule has 4 nitrogen and oxygen atoms in total. The Bertz CT molecular complexity index is 993. The summed E-state index contributed by atoms with van der Waals surface area (Å²) in [5.74, 6) is -0.206. The van der Waals surface area contributed by atoms with Crippen molar-refractivity contribution in [1.29, 1.82) is 0 Å². The summed E-state index contributed by atoms with van der Waals surface area (Å²) in [4.78, 5) is 27.9. The number of hydrogen-bond donors (Lipinski definition) is 2. The van der Waals surface area contributed by atoms with Crippen molar-refractivity contribution in [1.82, 2.24) is 4.98 Å². The minimum atomic E-state index is -0.206. The third-order valence-corrected chi connectivity index (χ3v) is 4.70. The molecule has 0 spiro atoms. The highest BCUT2D eigenvalue weighted by molar-refractivity contribution is 7.10. The van der Waals surface area contributed by atoms with Gasteiger partial charge < -0.3 is 10.3 Å². The van der Waals surface area contributed by atoms with Crippen molar-refractivity contribution in [2.24, 2.45) is 0 Å². The number of fused-ring (bicyclic) bond motifs is 1. The molecule has 0 radical (unpaired) electrons. The molecule has 0 saturated heterocycles. The number of carbonyl (C=O) groups excluding carboxylic acids is 1. The smallest absolute Gasteiger partial charge is 0.248 e. The Hall–Kier alpha value is -2.66. The molecule has 2 aromatic heterocycles. The van der Waals surface area contributed by atoms with Gasteiger partial charge in [-0.1, -0.05) is 32.9 Å². The Morgan fingerprint density at radius 1 is 1.20 bits per heavy atom. The van der Waals surface area contributed by atoms with Crippen LogP contribution in [0.3, 0.4) is 0 Å².